The molecule has 0 spiro atoms. The van der Waals surface area contributed by atoms with E-state index < -0.39 is 0 Å². The minimum absolute atomic E-state index is 0.142. The molecule has 0 aliphatic rings. The quantitative estimate of drug-likeness (QED) is 0.533. The van der Waals surface area contributed by atoms with Gasteiger partial charge in [0, 0.05) is 31.5 Å². The number of pyridine rings is 1. The lowest BCUT2D eigenvalue weighted by molar-refractivity contribution is 0.287. The SMILES string of the molecule is Nc1nc2cc(-n3cccn3)sc2c2[nH]c(CCCO)nc12. The monoisotopic (exact) mass is 314 g/mol. The van der Waals surface area contributed by atoms with Gasteiger partial charge in [-0.15, -0.1) is 11.3 Å². The molecule has 4 N–H and O–H groups in total. The lowest BCUT2D eigenvalue weighted by atomic mass is 10.3. The minimum atomic E-state index is 0.142. The number of nitrogens with zero attached hydrogens (tertiary/aromatic N) is 4. The van der Waals surface area contributed by atoms with Crippen molar-refractivity contribution in [3.8, 4) is 5.00 Å². The van der Waals surface area contributed by atoms with E-state index in [0.717, 1.165) is 26.6 Å². The number of imidazole rings is 1. The number of aromatic nitrogens is 5. The Bertz CT molecular complexity index is 939. The molecule has 112 valence electrons. The second-order valence-corrected chi connectivity index (χ2v) is 6.01. The van der Waals surface area contributed by atoms with Crippen molar-refractivity contribution in [3.63, 3.8) is 0 Å². The fraction of sp³-hybridized carbons (Fsp3) is 0.214. The molecule has 0 unspecified atom stereocenters. The van der Waals surface area contributed by atoms with Gasteiger partial charge in [-0.2, -0.15) is 5.10 Å². The van der Waals surface area contributed by atoms with Gasteiger partial charge in [-0.3, -0.25) is 0 Å². The zero-order chi connectivity index (χ0) is 15.1. The van der Waals surface area contributed by atoms with Gasteiger partial charge < -0.3 is 15.8 Å². The van der Waals surface area contributed by atoms with Crippen LogP contribution in [-0.2, 0) is 6.42 Å². The molecule has 0 aromatic carbocycles. The minimum Gasteiger partial charge on any atom is -0.396 e. The summed E-state index contributed by atoms with van der Waals surface area (Å²) in [6, 6.07) is 3.85. The molecule has 0 fully saturated rings. The highest BCUT2D eigenvalue weighted by Crippen LogP contribution is 2.34. The summed E-state index contributed by atoms with van der Waals surface area (Å²) in [6.45, 7) is 0.142. The average molecular weight is 314 g/mol. The van der Waals surface area contributed by atoms with E-state index in [4.69, 9.17) is 10.8 Å². The Morgan fingerprint density at radius 3 is 3.05 bits per heavy atom. The summed E-state index contributed by atoms with van der Waals surface area (Å²) in [6.07, 6.45) is 4.98. The van der Waals surface area contributed by atoms with E-state index >= 15 is 0 Å². The number of aliphatic hydroxyl groups excluding tert-OH is 1. The molecule has 0 aliphatic carbocycles. The third-order valence-electron chi connectivity index (χ3n) is 3.46. The maximum Gasteiger partial charge on any atom is 0.152 e. The number of aliphatic hydroxyl groups is 1. The van der Waals surface area contributed by atoms with Gasteiger partial charge >= 0.3 is 0 Å². The van der Waals surface area contributed by atoms with Crippen LogP contribution in [0.4, 0.5) is 5.82 Å². The maximum absolute atomic E-state index is 8.95. The van der Waals surface area contributed by atoms with Crippen LogP contribution in [0, 0.1) is 0 Å². The summed E-state index contributed by atoms with van der Waals surface area (Å²) in [4.78, 5) is 12.3. The Morgan fingerprint density at radius 2 is 2.27 bits per heavy atom. The molecule has 7 nitrogen and oxygen atoms in total. The summed E-state index contributed by atoms with van der Waals surface area (Å²) in [5.41, 5.74) is 8.45. The number of aromatic amines is 1. The summed E-state index contributed by atoms with van der Waals surface area (Å²) in [5.74, 6) is 1.23. The predicted octanol–water partition coefficient (Wildman–Crippen LogP) is 1.87. The number of aryl methyl sites for hydroxylation is 1. The number of H-pyrrole nitrogens is 1. The van der Waals surface area contributed by atoms with Gasteiger partial charge in [-0.25, -0.2) is 14.6 Å². The third-order valence-corrected chi connectivity index (χ3v) is 4.60. The van der Waals surface area contributed by atoms with Crippen molar-refractivity contribution < 1.29 is 5.11 Å². The highest BCUT2D eigenvalue weighted by atomic mass is 32.1. The van der Waals surface area contributed by atoms with Crippen LogP contribution in [0.3, 0.4) is 0 Å². The number of anilines is 1. The fourth-order valence-corrected chi connectivity index (χ4v) is 3.50. The largest absolute Gasteiger partial charge is 0.396 e. The summed E-state index contributed by atoms with van der Waals surface area (Å²) < 4.78 is 2.81. The van der Waals surface area contributed by atoms with Gasteiger partial charge in [0.05, 0.1) is 15.7 Å². The number of nitrogens with two attached hydrogens (primary N) is 1. The smallest absolute Gasteiger partial charge is 0.152 e. The molecule has 0 bridgehead atoms. The predicted molar refractivity (Wildman–Crippen MR) is 86.2 cm³/mol. The molecule has 4 aromatic rings. The maximum atomic E-state index is 8.95. The molecule has 0 atom stereocenters. The van der Waals surface area contributed by atoms with Crippen molar-refractivity contribution >= 4 is 38.4 Å². The summed E-state index contributed by atoms with van der Waals surface area (Å²) >= 11 is 1.59. The molecular formula is C14H14N6OS. The average Bonchev–Trinajstić information content (AvgIpc) is 3.22. The molecule has 4 rings (SSSR count). The number of hydrogen-bond donors (Lipinski definition) is 3. The molecule has 0 saturated carbocycles. The van der Waals surface area contributed by atoms with Gasteiger partial charge in [0.2, 0.25) is 0 Å². The van der Waals surface area contributed by atoms with E-state index in [2.05, 4.69) is 20.1 Å². The van der Waals surface area contributed by atoms with E-state index in [1.165, 1.54) is 0 Å². The number of nitrogens with one attached hydrogen (secondary N) is 1. The van der Waals surface area contributed by atoms with Crippen molar-refractivity contribution in [1.29, 1.82) is 0 Å². The van der Waals surface area contributed by atoms with Crippen molar-refractivity contribution in [3.05, 3.63) is 30.4 Å². The van der Waals surface area contributed by atoms with E-state index in [1.807, 2.05) is 18.3 Å². The number of thiophene rings is 1. The first kappa shape index (κ1) is 13.2. The molecule has 8 heteroatoms. The molecule has 0 radical (unpaired) electrons. The van der Waals surface area contributed by atoms with Gasteiger partial charge in [-0.05, 0) is 12.5 Å². The summed E-state index contributed by atoms with van der Waals surface area (Å²) in [7, 11) is 0. The van der Waals surface area contributed by atoms with Gasteiger partial charge in [0.1, 0.15) is 16.3 Å². The van der Waals surface area contributed by atoms with Crippen molar-refractivity contribution in [2.24, 2.45) is 0 Å². The van der Waals surface area contributed by atoms with E-state index in [1.54, 1.807) is 22.2 Å². The zero-order valence-electron chi connectivity index (χ0n) is 11.7. The van der Waals surface area contributed by atoms with Gasteiger partial charge in [0.15, 0.2) is 5.82 Å². The highest BCUT2D eigenvalue weighted by Gasteiger charge is 2.15. The lowest BCUT2D eigenvalue weighted by Gasteiger charge is -1.94. The van der Waals surface area contributed by atoms with Crippen LogP contribution in [0.1, 0.15) is 12.2 Å². The van der Waals surface area contributed by atoms with Crippen LogP contribution in [0.5, 0.6) is 0 Å². The van der Waals surface area contributed by atoms with Crippen LogP contribution in [0.25, 0.3) is 26.3 Å². The first-order valence-electron chi connectivity index (χ1n) is 6.95. The van der Waals surface area contributed by atoms with Crippen molar-refractivity contribution in [2.75, 3.05) is 12.3 Å². The Morgan fingerprint density at radius 1 is 1.36 bits per heavy atom. The standard InChI is InChI=1S/C14H14N6OS/c15-14-12-11(18-9(19-12)3-1-6-21)13-8(17-14)7-10(22-13)20-5-2-4-16-20/h2,4-5,7,21H,1,3,6H2,(H2,15,17)(H,18,19). The van der Waals surface area contributed by atoms with Crippen molar-refractivity contribution in [2.45, 2.75) is 12.8 Å². The van der Waals surface area contributed by atoms with E-state index in [-0.39, 0.29) is 6.61 Å². The molecular weight excluding hydrogens is 300 g/mol. The highest BCUT2D eigenvalue weighted by molar-refractivity contribution is 7.22. The lowest BCUT2D eigenvalue weighted by Crippen LogP contribution is -1.92. The first-order valence-corrected chi connectivity index (χ1v) is 7.76. The Balaban J connectivity index is 1.91. The zero-order valence-corrected chi connectivity index (χ0v) is 12.5. The second kappa shape index (κ2) is 5.08. The van der Waals surface area contributed by atoms with Gasteiger partial charge in [0.25, 0.3) is 0 Å². The molecule has 0 amide bonds. The molecule has 22 heavy (non-hydrogen) atoms. The van der Waals surface area contributed by atoms with Crippen LogP contribution in [-0.4, -0.2) is 36.4 Å². The molecule has 4 aromatic heterocycles. The molecule has 0 saturated heterocycles. The fourth-order valence-electron chi connectivity index (χ4n) is 2.46. The third kappa shape index (κ3) is 2.04. The first-order chi connectivity index (χ1) is 10.8. The van der Waals surface area contributed by atoms with Gasteiger partial charge in [-0.1, -0.05) is 0 Å². The Labute approximate surface area is 129 Å². The number of rotatable bonds is 4. The van der Waals surface area contributed by atoms with Crippen LogP contribution < -0.4 is 5.73 Å². The number of nitrogen functional groups attached to an aromatic ring is 1. The van der Waals surface area contributed by atoms with Crippen LogP contribution >= 0.6 is 11.3 Å². The summed E-state index contributed by atoms with van der Waals surface area (Å²) in [5, 5.41) is 14.2. The molecule has 4 heterocycles. The molecule has 0 aliphatic heterocycles. The second-order valence-electron chi connectivity index (χ2n) is 4.98. The van der Waals surface area contributed by atoms with Crippen LogP contribution in [0.2, 0.25) is 0 Å². The Kier molecular flexibility index (Phi) is 3.05. The van der Waals surface area contributed by atoms with Crippen LogP contribution in [0.15, 0.2) is 24.5 Å². The Hall–Kier alpha value is -2.45. The van der Waals surface area contributed by atoms with Crippen molar-refractivity contribution in [1.82, 2.24) is 24.7 Å². The van der Waals surface area contributed by atoms with E-state index in [0.29, 0.717) is 24.2 Å². The normalized spacial score (nSPS) is 11.7. The number of fused-ring (bicyclic) bond motifs is 3. The topological polar surface area (TPSA) is 106 Å². The van der Waals surface area contributed by atoms with E-state index in [9.17, 15) is 0 Å². The number of hydrogen-bond acceptors (Lipinski definition) is 6.